The van der Waals surface area contributed by atoms with E-state index in [0.29, 0.717) is 0 Å². The van der Waals surface area contributed by atoms with Gasteiger partial charge in [0.1, 0.15) is 17.2 Å². The van der Waals surface area contributed by atoms with Crippen molar-refractivity contribution in [2.45, 2.75) is 18.0 Å². The van der Waals surface area contributed by atoms with Gasteiger partial charge in [-0.25, -0.2) is 8.42 Å². The Morgan fingerprint density at radius 1 is 1.18 bits per heavy atom. The molecule has 0 aliphatic heterocycles. The number of ether oxygens (including phenoxy) is 1. The third-order valence-electron chi connectivity index (χ3n) is 4.35. The number of halogens is 4. The highest BCUT2D eigenvalue weighted by Gasteiger charge is 2.38. The fourth-order valence-corrected chi connectivity index (χ4v) is 3.43. The molecule has 14 heteroatoms. The summed E-state index contributed by atoms with van der Waals surface area (Å²) in [7, 11) is -3.63. The number of hydrogen-bond acceptors (Lipinski definition) is 8. The SMILES string of the molecule is Cc1c(C(F)(F)F)nnc(Oc2ccc(C#N)c(F)n2)c1C(=O)Nc1cccc(S(C)(=O)=O)c1. The molecule has 1 aromatic carbocycles. The summed E-state index contributed by atoms with van der Waals surface area (Å²) >= 11 is 0. The molecule has 0 atom stereocenters. The molecular weight excluding hydrogens is 482 g/mol. The van der Waals surface area contributed by atoms with Crippen molar-refractivity contribution in [2.24, 2.45) is 0 Å². The van der Waals surface area contributed by atoms with Gasteiger partial charge in [0, 0.05) is 18.0 Å². The van der Waals surface area contributed by atoms with Gasteiger partial charge in [0.25, 0.3) is 11.8 Å². The number of nitriles is 1. The molecule has 0 spiro atoms. The Kier molecular flexibility index (Phi) is 6.51. The lowest BCUT2D eigenvalue weighted by atomic mass is 10.1. The van der Waals surface area contributed by atoms with Crippen LogP contribution in [0.2, 0.25) is 0 Å². The summed E-state index contributed by atoms with van der Waals surface area (Å²) in [6, 6.07) is 8.62. The average Bonchev–Trinajstić information content (AvgIpc) is 2.72. The van der Waals surface area contributed by atoms with Gasteiger partial charge in [0.05, 0.1) is 4.90 Å². The molecule has 3 rings (SSSR count). The molecule has 1 N–H and O–H groups in total. The van der Waals surface area contributed by atoms with Crippen LogP contribution in [0.3, 0.4) is 0 Å². The van der Waals surface area contributed by atoms with Crippen LogP contribution in [0.15, 0.2) is 41.3 Å². The second-order valence-electron chi connectivity index (χ2n) is 6.81. The third-order valence-corrected chi connectivity index (χ3v) is 5.46. The number of hydrogen-bond donors (Lipinski definition) is 1. The standard InChI is InChI=1S/C20H13F4N5O4S/c1-10-15(18(30)26-12-4-3-5-13(8-12)34(2,31)32)19(29-28-16(10)20(22,23)24)33-14-7-6-11(9-25)17(21)27-14/h3-8H,1-2H3,(H,26,30). The van der Waals surface area contributed by atoms with Crippen molar-refractivity contribution in [3.63, 3.8) is 0 Å². The predicted octanol–water partition coefficient (Wildman–Crippen LogP) is 3.66. The lowest BCUT2D eigenvalue weighted by Crippen LogP contribution is -2.21. The number of carbonyl (C=O) groups is 1. The predicted molar refractivity (Wildman–Crippen MR) is 108 cm³/mol. The lowest BCUT2D eigenvalue weighted by Gasteiger charge is -2.16. The number of pyridine rings is 1. The fourth-order valence-electron chi connectivity index (χ4n) is 2.76. The first kappa shape index (κ1) is 24.5. The normalized spacial score (nSPS) is 11.6. The first-order chi connectivity index (χ1) is 15.8. The average molecular weight is 495 g/mol. The van der Waals surface area contributed by atoms with Crippen LogP contribution in [0.4, 0.5) is 23.2 Å². The zero-order valence-electron chi connectivity index (χ0n) is 17.3. The summed E-state index contributed by atoms with van der Waals surface area (Å²) in [5.41, 5.74) is -3.26. The van der Waals surface area contributed by atoms with E-state index in [1.165, 1.54) is 24.3 Å². The maximum absolute atomic E-state index is 13.8. The summed E-state index contributed by atoms with van der Waals surface area (Å²) in [6.45, 7) is 0.957. The van der Waals surface area contributed by atoms with Gasteiger partial charge in [0.2, 0.25) is 11.8 Å². The van der Waals surface area contributed by atoms with E-state index in [1.807, 2.05) is 0 Å². The molecule has 0 radical (unpaired) electrons. The van der Waals surface area contributed by atoms with E-state index in [-0.39, 0.29) is 10.6 Å². The van der Waals surface area contributed by atoms with Crippen molar-refractivity contribution in [2.75, 3.05) is 11.6 Å². The molecule has 2 aromatic heterocycles. The van der Waals surface area contributed by atoms with Crippen LogP contribution in [0.1, 0.15) is 27.2 Å². The Morgan fingerprint density at radius 2 is 1.88 bits per heavy atom. The highest BCUT2D eigenvalue weighted by Crippen LogP contribution is 2.35. The van der Waals surface area contributed by atoms with Crippen molar-refractivity contribution in [3.05, 3.63) is 64.7 Å². The molecule has 9 nitrogen and oxygen atoms in total. The van der Waals surface area contributed by atoms with Gasteiger partial charge in [0.15, 0.2) is 15.5 Å². The summed E-state index contributed by atoms with van der Waals surface area (Å²) in [5, 5.41) is 17.5. The summed E-state index contributed by atoms with van der Waals surface area (Å²) in [6.07, 6.45) is -4.02. The highest BCUT2D eigenvalue weighted by molar-refractivity contribution is 7.90. The van der Waals surface area contributed by atoms with Crippen molar-refractivity contribution in [1.29, 1.82) is 5.26 Å². The molecule has 3 aromatic rings. The Bertz CT molecular complexity index is 1440. The minimum Gasteiger partial charge on any atom is -0.418 e. The number of amides is 1. The van der Waals surface area contributed by atoms with Crippen LogP contribution in [0.25, 0.3) is 0 Å². The number of benzene rings is 1. The minimum atomic E-state index is -4.96. The van der Waals surface area contributed by atoms with Gasteiger partial charge in [-0.3, -0.25) is 4.79 Å². The van der Waals surface area contributed by atoms with Crippen molar-refractivity contribution >= 4 is 21.4 Å². The maximum Gasteiger partial charge on any atom is 0.435 e. The van der Waals surface area contributed by atoms with E-state index in [1.54, 1.807) is 0 Å². The summed E-state index contributed by atoms with van der Waals surface area (Å²) in [5.74, 6) is -3.56. The molecule has 0 saturated heterocycles. The second-order valence-corrected chi connectivity index (χ2v) is 8.82. The van der Waals surface area contributed by atoms with Gasteiger partial charge < -0.3 is 10.1 Å². The van der Waals surface area contributed by atoms with E-state index in [9.17, 15) is 30.8 Å². The molecule has 34 heavy (non-hydrogen) atoms. The number of sulfone groups is 1. The lowest BCUT2D eigenvalue weighted by molar-refractivity contribution is -0.142. The number of anilines is 1. The molecule has 0 aliphatic rings. The minimum absolute atomic E-state index is 0.0359. The quantitative estimate of drug-likeness (QED) is 0.419. The van der Waals surface area contributed by atoms with E-state index >= 15 is 0 Å². The maximum atomic E-state index is 13.8. The summed E-state index contributed by atoms with van der Waals surface area (Å²) in [4.78, 5) is 16.2. The molecule has 0 fully saturated rings. The molecule has 176 valence electrons. The van der Waals surface area contributed by atoms with Crippen LogP contribution in [0, 0.1) is 24.2 Å². The second kappa shape index (κ2) is 9.02. The first-order valence-electron chi connectivity index (χ1n) is 9.11. The van der Waals surface area contributed by atoms with Gasteiger partial charge in [-0.1, -0.05) is 6.07 Å². The zero-order valence-corrected chi connectivity index (χ0v) is 18.1. The van der Waals surface area contributed by atoms with Crippen LogP contribution in [-0.4, -0.2) is 35.8 Å². The molecule has 0 saturated carbocycles. The van der Waals surface area contributed by atoms with E-state index in [4.69, 9.17) is 10.00 Å². The topological polar surface area (TPSA) is 135 Å². The molecular formula is C20H13F4N5O4S. The first-order valence-corrected chi connectivity index (χ1v) is 11.0. The number of nitrogens with one attached hydrogen (secondary N) is 1. The number of alkyl halides is 3. The largest absolute Gasteiger partial charge is 0.435 e. The Morgan fingerprint density at radius 3 is 2.47 bits per heavy atom. The zero-order chi connectivity index (χ0) is 25.3. The van der Waals surface area contributed by atoms with Crippen LogP contribution >= 0.6 is 0 Å². The van der Waals surface area contributed by atoms with E-state index < -0.39 is 62.0 Å². The molecule has 1 amide bonds. The Balaban J connectivity index is 2.07. The number of carbonyl (C=O) groups excluding carboxylic acids is 1. The van der Waals surface area contributed by atoms with E-state index in [0.717, 1.165) is 31.4 Å². The summed E-state index contributed by atoms with van der Waals surface area (Å²) < 4.78 is 82.6. The third kappa shape index (κ3) is 5.26. The van der Waals surface area contributed by atoms with Crippen LogP contribution in [0.5, 0.6) is 11.8 Å². The Hall–Kier alpha value is -4.12. The smallest absolute Gasteiger partial charge is 0.418 e. The molecule has 2 heterocycles. The van der Waals surface area contributed by atoms with Crippen molar-refractivity contribution < 1.29 is 35.5 Å². The number of aromatic nitrogens is 3. The Labute approximate surface area is 190 Å². The number of nitrogens with zero attached hydrogens (tertiary/aromatic N) is 4. The van der Waals surface area contributed by atoms with Gasteiger partial charge >= 0.3 is 6.18 Å². The molecule has 0 bridgehead atoms. The van der Waals surface area contributed by atoms with Crippen molar-refractivity contribution in [1.82, 2.24) is 15.2 Å². The molecule has 0 unspecified atom stereocenters. The van der Waals surface area contributed by atoms with Gasteiger partial charge in [-0.05, 0) is 36.8 Å². The van der Waals surface area contributed by atoms with Crippen LogP contribution in [-0.2, 0) is 16.0 Å². The molecule has 0 aliphatic carbocycles. The fraction of sp³-hybridized carbons (Fsp3) is 0.150. The van der Waals surface area contributed by atoms with Crippen LogP contribution < -0.4 is 10.1 Å². The number of rotatable bonds is 5. The van der Waals surface area contributed by atoms with E-state index in [2.05, 4.69) is 20.5 Å². The highest BCUT2D eigenvalue weighted by atomic mass is 32.2. The van der Waals surface area contributed by atoms with Gasteiger partial charge in [-0.2, -0.15) is 27.8 Å². The monoisotopic (exact) mass is 495 g/mol. The van der Waals surface area contributed by atoms with Gasteiger partial charge in [-0.15, -0.1) is 10.2 Å². The van der Waals surface area contributed by atoms with Crippen molar-refractivity contribution in [3.8, 4) is 17.8 Å².